The zero-order valence-electron chi connectivity index (χ0n) is 13.0. The van der Waals surface area contributed by atoms with Gasteiger partial charge in [0.25, 0.3) is 0 Å². The predicted molar refractivity (Wildman–Crippen MR) is 103 cm³/mol. The minimum Gasteiger partial charge on any atom is -0.503 e. The summed E-state index contributed by atoms with van der Waals surface area (Å²) in [4.78, 5) is 10.9. The topological polar surface area (TPSA) is 103 Å². The van der Waals surface area contributed by atoms with Gasteiger partial charge < -0.3 is 20.3 Å². The van der Waals surface area contributed by atoms with Gasteiger partial charge in [-0.3, -0.25) is 5.43 Å². The van der Waals surface area contributed by atoms with E-state index in [4.69, 9.17) is 22.1 Å². The second-order valence-corrected chi connectivity index (χ2v) is 6.03. The fourth-order valence-corrected chi connectivity index (χ4v) is 2.51. The van der Waals surface area contributed by atoms with E-state index in [-0.39, 0.29) is 16.4 Å². The minimum atomic E-state index is -1.02. The maximum absolute atomic E-state index is 10.9. The number of thiocarbonyl (C=S) groups is 1. The molecule has 0 radical (unpaired) electrons. The molecule has 2 rings (SSSR count). The molecule has 0 aromatic heterocycles. The van der Waals surface area contributed by atoms with Crippen LogP contribution in [0.15, 0.2) is 46.0 Å². The molecule has 9 heteroatoms. The number of hydrogen-bond donors (Lipinski definition) is 4. The van der Waals surface area contributed by atoms with Crippen molar-refractivity contribution in [2.75, 3.05) is 12.4 Å². The van der Waals surface area contributed by atoms with Crippen LogP contribution in [-0.4, -0.2) is 34.6 Å². The van der Waals surface area contributed by atoms with Crippen LogP contribution in [0.2, 0.25) is 0 Å². The number of nitrogens with zero attached hydrogens (tertiary/aromatic N) is 1. The summed E-state index contributed by atoms with van der Waals surface area (Å²) in [7, 11) is 1.45. The van der Waals surface area contributed by atoms with E-state index in [0.29, 0.717) is 21.5 Å². The lowest BCUT2D eigenvalue weighted by atomic mass is 10.2. The first-order valence-corrected chi connectivity index (χ1v) is 8.10. The van der Waals surface area contributed by atoms with Crippen molar-refractivity contribution in [3.63, 3.8) is 0 Å². The number of phenols is 1. The molecule has 0 amide bonds. The Labute approximate surface area is 157 Å². The Kier molecular flexibility index (Phi) is 6.31. The molecule has 25 heavy (non-hydrogen) atoms. The number of halogens is 1. The SMILES string of the molecule is COc1cc(C=NNC(=S)Nc2cccc(C(=O)O)c2)cc(Br)c1O. The molecule has 2 aromatic rings. The molecule has 0 atom stereocenters. The van der Waals surface area contributed by atoms with Crippen LogP contribution < -0.4 is 15.5 Å². The van der Waals surface area contributed by atoms with Gasteiger partial charge in [-0.1, -0.05) is 6.07 Å². The van der Waals surface area contributed by atoms with Crippen molar-refractivity contribution in [3.8, 4) is 11.5 Å². The summed E-state index contributed by atoms with van der Waals surface area (Å²) in [6, 6.07) is 9.51. The monoisotopic (exact) mass is 423 g/mol. The highest BCUT2D eigenvalue weighted by molar-refractivity contribution is 9.10. The van der Waals surface area contributed by atoms with Crippen molar-refractivity contribution in [2.45, 2.75) is 0 Å². The molecular formula is C16H14BrN3O4S. The van der Waals surface area contributed by atoms with Crippen LogP contribution in [0, 0.1) is 0 Å². The molecule has 4 N–H and O–H groups in total. The van der Waals surface area contributed by atoms with Crippen LogP contribution >= 0.6 is 28.1 Å². The number of carboxylic acid groups (broad SMARTS) is 1. The molecule has 0 saturated heterocycles. The number of ether oxygens (including phenoxy) is 1. The quantitative estimate of drug-likeness (QED) is 0.332. The largest absolute Gasteiger partial charge is 0.503 e. The van der Waals surface area contributed by atoms with Gasteiger partial charge in [0.15, 0.2) is 16.6 Å². The number of phenolic OH excluding ortho intramolecular Hbond substituents is 1. The van der Waals surface area contributed by atoms with Crippen LogP contribution in [0.3, 0.4) is 0 Å². The van der Waals surface area contributed by atoms with Crippen molar-refractivity contribution in [2.24, 2.45) is 5.10 Å². The van der Waals surface area contributed by atoms with E-state index in [9.17, 15) is 9.90 Å². The number of aromatic hydroxyl groups is 1. The van der Waals surface area contributed by atoms with Crippen molar-refractivity contribution >= 4 is 51.1 Å². The predicted octanol–water partition coefficient (Wildman–Crippen LogP) is 3.18. The summed E-state index contributed by atoms with van der Waals surface area (Å²) >= 11 is 8.32. The first-order valence-electron chi connectivity index (χ1n) is 6.90. The minimum absolute atomic E-state index is 0.00288. The van der Waals surface area contributed by atoms with Crippen molar-refractivity contribution in [3.05, 3.63) is 52.0 Å². The number of carboxylic acids is 1. The molecule has 0 unspecified atom stereocenters. The van der Waals surface area contributed by atoms with Crippen LogP contribution in [-0.2, 0) is 0 Å². The number of benzene rings is 2. The Hall–Kier alpha value is -2.65. The van der Waals surface area contributed by atoms with Crippen molar-refractivity contribution in [1.29, 1.82) is 0 Å². The van der Waals surface area contributed by atoms with Gasteiger partial charge in [0.05, 0.1) is 23.4 Å². The molecule has 0 aliphatic carbocycles. The van der Waals surface area contributed by atoms with E-state index in [1.807, 2.05) is 0 Å². The average molecular weight is 424 g/mol. The van der Waals surface area contributed by atoms with E-state index >= 15 is 0 Å². The Morgan fingerprint density at radius 1 is 1.36 bits per heavy atom. The summed E-state index contributed by atoms with van der Waals surface area (Å²) in [6.45, 7) is 0. The first kappa shape index (κ1) is 18.7. The molecule has 0 heterocycles. The lowest BCUT2D eigenvalue weighted by molar-refractivity contribution is 0.0697. The van der Waals surface area contributed by atoms with Gasteiger partial charge >= 0.3 is 5.97 Å². The first-order chi connectivity index (χ1) is 11.9. The Bertz CT molecular complexity index is 842. The van der Waals surface area contributed by atoms with Gasteiger partial charge in [-0.2, -0.15) is 5.10 Å². The highest BCUT2D eigenvalue weighted by atomic mass is 79.9. The smallest absolute Gasteiger partial charge is 0.335 e. The maximum atomic E-state index is 10.9. The van der Waals surface area contributed by atoms with Crippen LogP contribution in [0.4, 0.5) is 5.69 Å². The van der Waals surface area contributed by atoms with E-state index in [1.54, 1.807) is 24.3 Å². The summed E-state index contributed by atoms with van der Waals surface area (Å²) in [6.07, 6.45) is 1.49. The van der Waals surface area contributed by atoms with Crippen LogP contribution in [0.5, 0.6) is 11.5 Å². The fourth-order valence-electron chi connectivity index (χ4n) is 1.88. The number of carbonyl (C=O) groups is 1. The number of hydrazone groups is 1. The lowest BCUT2D eigenvalue weighted by Crippen LogP contribution is -2.24. The fraction of sp³-hybridized carbons (Fsp3) is 0.0625. The molecule has 0 aliphatic heterocycles. The van der Waals surface area contributed by atoms with Gasteiger partial charge in [0.1, 0.15) is 0 Å². The number of anilines is 1. The number of nitrogens with one attached hydrogen (secondary N) is 2. The standard InChI is InChI=1S/C16H14BrN3O4S/c1-24-13-6-9(5-12(17)14(13)21)8-18-20-16(25)19-11-4-2-3-10(7-11)15(22)23/h2-8,21H,1H3,(H,22,23)(H2,19,20,25). The van der Waals surface area contributed by atoms with Gasteiger partial charge in [-0.15, -0.1) is 0 Å². The Morgan fingerprint density at radius 2 is 2.12 bits per heavy atom. The number of rotatable bonds is 5. The number of aromatic carboxylic acids is 1. The third kappa shape index (κ3) is 5.16. The van der Waals surface area contributed by atoms with Gasteiger partial charge in [-0.25, -0.2) is 4.79 Å². The molecular weight excluding hydrogens is 410 g/mol. The molecule has 0 fully saturated rings. The summed E-state index contributed by atoms with van der Waals surface area (Å²) in [5, 5.41) is 25.7. The lowest BCUT2D eigenvalue weighted by Gasteiger charge is -2.08. The molecule has 0 spiro atoms. The molecule has 0 bridgehead atoms. The van der Waals surface area contributed by atoms with E-state index in [1.165, 1.54) is 25.5 Å². The number of methoxy groups -OCH3 is 1. The Balaban J connectivity index is 2.00. The molecule has 2 aromatic carbocycles. The molecule has 0 aliphatic rings. The van der Waals surface area contributed by atoms with Crippen molar-refractivity contribution < 1.29 is 19.7 Å². The normalized spacial score (nSPS) is 10.5. The zero-order chi connectivity index (χ0) is 18.4. The van der Waals surface area contributed by atoms with Gasteiger partial charge in [0, 0.05) is 5.69 Å². The molecule has 7 nitrogen and oxygen atoms in total. The summed E-state index contributed by atoms with van der Waals surface area (Å²) in [5.74, 6) is -0.711. The highest BCUT2D eigenvalue weighted by Gasteiger charge is 2.07. The van der Waals surface area contributed by atoms with Crippen LogP contribution in [0.1, 0.15) is 15.9 Å². The molecule has 130 valence electrons. The second-order valence-electron chi connectivity index (χ2n) is 4.76. The average Bonchev–Trinajstić information content (AvgIpc) is 2.58. The van der Waals surface area contributed by atoms with E-state index < -0.39 is 5.97 Å². The molecule has 0 saturated carbocycles. The van der Waals surface area contributed by atoms with Crippen molar-refractivity contribution in [1.82, 2.24) is 5.43 Å². The van der Waals surface area contributed by atoms with Gasteiger partial charge in [-0.05, 0) is 64.0 Å². The number of hydrogen-bond acceptors (Lipinski definition) is 5. The summed E-state index contributed by atoms with van der Waals surface area (Å²) in [5.41, 5.74) is 3.97. The third-order valence-corrected chi connectivity index (χ3v) is 3.82. The highest BCUT2D eigenvalue weighted by Crippen LogP contribution is 2.34. The Morgan fingerprint density at radius 3 is 2.80 bits per heavy atom. The zero-order valence-corrected chi connectivity index (χ0v) is 15.4. The van der Waals surface area contributed by atoms with E-state index in [2.05, 4.69) is 31.8 Å². The van der Waals surface area contributed by atoms with Gasteiger partial charge in [0.2, 0.25) is 0 Å². The third-order valence-electron chi connectivity index (χ3n) is 3.02. The van der Waals surface area contributed by atoms with E-state index in [0.717, 1.165) is 0 Å². The summed E-state index contributed by atoms with van der Waals surface area (Å²) < 4.78 is 5.53. The van der Waals surface area contributed by atoms with Crippen LogP contribution in [0.25, 0.3) is 0 Å². The maximum Gasteiger partial charge on any atom is 0.335 e. The second kappa shape index (κ2) is 8.45.